The van der Waals surface area contributed by atoms with E-state index in [1.54, 1.807) is 0 Å². The third kappa shape index (κ3) is 11.4. The molecule has 8 heteroatoms. The normalized spacial score (nSPS) is 9.62. The summed E-state index contributed by atoms with van der Waals surface area (Å²) in [6.07, 6.45) is 0.0432. The van der Waals surface area contributed by atoms with Gasteiger partial charge >= 0.3 is 0 Å². The third-order valence-corrected chi connectivity index (χ3v) is 2.42. The minimum atomic E-state index is -0.449. The molecule has 4 N–H and O–H groups in total. The Morgan fingerprint density at radius 3 is 1.33 bits per heavy atom. The quantitative estimate of drug-likeness (QED) is 0.374. The molecule has 120 valence electrons. The molecule has 0 atom stereocenters. The molecule has 0 unspecified atom stereocenters. The Morgan fingerprint density at radius 1 is 0.619 bits per heavy atom. The molecule has 8 nitrogen and oxygen atoms in total. The fraction of sp³-hybridized carbons (Fsp3) is 0.692. The van der Waals surface area contributed by atoms with Gasteiger partial charge in [0.05, 0.1) is 0 Å². The number of hydrogen-bond acceptors (Lipinski definition) is 4. The average molecular weight is 300 g/mol. The number of amides is 4. The number of rotatable bonds is 10. The maximum Gasteiger partial charge on any atom is 0.229 e. The van der Waals surface area contributed by atoms with Gasteiger partial charge in [0, 0.05) is 39.0 Å². The van der Waals surface area contributed by atoms with E-state index in [9.17, 15) is 19.2 Å². The van der Waals surface area contributed by atoms with Gasteiger partial charge in [0.1, 0.15) is 6.42 Å². The zero-order valence-electron chi connectivity index (χ0n) is 12.6. The van der Waals surface area contributed by atoms with Gasteiger partial charge in [0.15, 0.2) is 0 Å². The van der Waals surface area contributed by atoms with Crippen molar-refractivity contribution < 1.29 is 19.2 Å². The third-order valence-electron chi connectivity index (χ3n) is 2.42. The molecule has 0 aliphatic rings. The molecule has 0 aliphatic heterocycles. The van der Waals surface area contributed by atoms with E-state index in [0.717, 1.165) is 0 Å². The molecule has 0 spiro atoms. The van der Waals surface area contributed by atoms with Crippen molar-refractivity contribution >= 4 is 23.6 Å². The Hall–Kier alpha value is -2.12. The van der Waals surface area contributed by atoms with E-state index in [4.69, 9.17) is 0 Å². The Labute approximate surface area is 124 Å². The molecule has 21 heavy (non-hydrogen) atoms. The van der Waals surface area contributed by atoms with Gasteiger partial charge in [-0.15, -0.1) is 0 Å². The first kappa shape index (κ1) is 18.9. The van der Waals surface area contributed by atoms with E-state index < -0.39 is 11.8 Å². The van der Waals surface area contributed by atoms with Crippen LogP contribution >= 0.6 is 0 Å². The number of carbonyl (C=O) groups excluding carboxylic acids is 4. The van der Waals surface area contributed by atoms with Crippen molar-refractivity contribution in [2.24, 2.45) is 0 Å². The molecule has 0 aliphatic carbocycles. The maximum atomic E-state index is 11.4. The second-order valence-corrected chi connectivity index (χ2v) is 4.28. The largest absolute Gasteiger partial charge is 0.356 e. The van der Waals surface area contributed by atoms with Crippen molar-refractivity contribution in [3.8, 4) is 0 Å². The van der Waals surface area contributed by atoms with E-state index in [0.29, 0.717) is 13.1 Å². The molecule has 0 heterocycles. The molecule has 4 amide bonds. The van der Waals surface area contributed by atoms with Gasteiger partial charge in [0.2, 0.25) is 23.6 Å². The topological polar surface area (TPSA) is 116 Å². The van der Waals surface area contributed by atoms with Crippen LogP contribution in [0.2, 0.25) is 0 Å². The highest BCUT2D eigenvalue weighted by atomic mass is 16.2. The molecule has 0 rings (SSSR count). The van der Waals surface area contributed by atoms with Crippen LogP contribution in [0.3, 0.4) is 0 Å². The lowest BCUT2D eigenvalue weighted by Crippen LogP contribution is -2.35. The van der Waals surface area contributed by atoms with Crippen LogP contribution in [-0.2, 0) is 19.2 Å². The lowest BCUT2D eigenvalue weighted by molar-refractivity contribution is -0.129. The van der Waals surface area contributed by atoms with Gasteiger partial charge in [-0.2, -0.15) is 0 Å². The van der Waals surface area contributed by atoms with Crippen molar-refractivity contribution in [2.45, 2.75) is 33.1 Å². The summed E-state index contributed by atoms with van der Waals surface area (Å²) in [6.45, 7) is 5.08. The summed E-state index contributed by atoms with van der Waals surface area (Å²) in [5.74, 6) is -1.20. The lowest BCUT2D eigenvalue weighted by Gasteiger charge is -2.07. The molecule has 0 bridgehead atoms. The fourth-order valence-electron chi connectivity index (χ4n) is 1.47. The summed E-state index contributed by atoms with van der Waals surface area (Å²) >= 11 is 0. The van der Waals surface area contributed by atoms with Crippen molar-refractivity contribution in [3.05, 3.63) is 0 Å². The van der Waals surface area contributed by atoms with E-state index in [-0.39, 0.29) is 44.2 Å². The summed E-state index contributed by atoms with van der Waals surface area (Å²) in [4.78, 5) is 45.1. The van der Waals surface area contributed by atoms with E-state index in [1.807, 2.05) is 13.8 Å². The summed E-state index contributed by atoms with van der Waals surface area (Å²) in [5, 5.41) is 10.2. The monoisotopic (exact) mass is 300 g/mol. The predicted octanol–water partition coefficient (Wildman–Crippen LogP) is -1.34. The van der Waals surface area contributed by atoms with Crippen LogP contribution in [0.15, 0.2) is 0 Å². The summed E-state index contributed by atoms with van der Waals surface area (Å²) < 4.78 is 0. The van der Waals surface area contributed by atoms with Gasteiger partial charge in [0.25, 0.3) is 0 Å². The smallest absolute Gasteiger partial charge is 0.229 e. The number of nitrogens with one attached hydrogen (secondary N) is 4. The molecule has 0 saturated heterocycles. The van der Waals surface area contributed by atoms with E-state index in [1.165, 1.54) is 0 Å². The molecule has 0 aromatic rings. The molecular formula is C13H24N4O4. The molecule has 0 saturated carbocycles. The first-order chi connectivity index (χ1) is 9.99. The first-order valence-corrected chi connectivity index (χ1v) is 7.06. The predicted molar refractivity (Wildman–Crippen MR) is 77.2 cm³/mol. The molecule has 0 fully saturated rings. The molecule has 0 aromatic heterocycles. The maximum absolute atomic E-state index is 11.4. The SMILES string of the molecule is CCNC(=O)CCNC(=O)CC(=O)NCCC(=O)NCC. The summed E-state index contributed by atoms with van der Waals surface area (Å²) in [5.41, 5.74) is 0. The minimum Gasteiger partial charge on any atom is -0.356 e. The van der Waals surface area contributed by atoms with Gasteiger partial charge in [-0.3, -0.25) is 19.2 Å². The van der Waals surface area contributed by atoms with Crippen LogP contribution in [-0.4, -0.2) is 49.8 Å². The van der Waals surface area contributed by atoms with Gasteiger partial charge in [-0.1, -0.05) is 0 Å². The van der Waals surface area contributed by atoms with Gasteiger partial charge in [-0.05, 0) is 13.8 Å². The van der Waals surface area contributed by atoms with E-state index in [2.05, 4.69) is 21.3 Å². The highest BCUT2D eigenvalue weighted by molar-refractivity contribution is 5.97. The van der Waals surface area contributed by atoms with Crippen LogP contribution < -0.4 is 21.3 Å². The highest BCUT2D eigenvalue weighted by Crippen LogP contribution is 1.84. The fourth-order valence-corrected chi connectivity index (χ4v) is 1.47. The Balaban J connectivity index is 3.68. The van der Waals surface area contributed by atoms with Crippen molar-refractivity contribution in [1.82, 2.24) is 21.3 Å². The summed E-state index contributed by atoms with van der Waals surface area (Å²) in [7, 11) is 0. The average Bonchev–Trinajstić information content (AvgIpc) is 2.39. The highest BCUT2D eigenvalue weighted by Gasteiger charge is 2.09. The standard InChI is InChI=1S/C13H24N4O4/c1-3-14-10(18)5-7-16-12(20)9-13(21)17-8-6-11(19)15-4-2/h3-9H2,1-2H3,(H,14,18)(H,15,19)(H,16,20)(H,17,21). The first-order valence-electron chi connectivity index (χ1n) is 7.06. The number of carbonyl (C=O) groups is 4. The van der Waals surface area contributed by atoms with Gasteiger partial charge in [-0.25, -0.2) is 0 Å². The van der Waals surface area contributed by atoms with E-state index >= 15 is 0 Å². The second-order valence-electron chi connectivity index (χ2n) is 4.28. The second kappa shape index (κ2) is 11.7. The molecule has 0 aromatic carbocycles. The van der Waals surface area contributed by atoms with Crippen LogP contribution in [0, 0.1) is 0 Å². The molecular weight excluding hydrogens is 276 g/mol. The Bertz CT molecular complexity index is 337. The van der Waals surface area contributed by atoms with Crippen molar-refractivity contribution in [2.75, 3.05) is 26.2 Å². The van der Waals surface area contributed by atoms with Crippen LogP contribution in [0.5, 0.6) is 0 Å². The number of hydrogen-bond donors (Lipinski definition) is 4. The Morgan fingerprint density at radius 2 is 1.00 bits per heavy atom. The Kier molecular flexibility index (Phi) is 10.5. The van der Waals surface area contributed by atoms with Crippen LogP contribution in [0.4, 0.5) is 0 Å². The van der Waals surface area contributed by atoms with Crippen LogP contribution in [0.1, 0.15) is 33.1 Å². The van der Waals surface area contributed by atoms with Crippen LogP contribution in [0.25, 0.3) is 0 Å². The van der Waals surface area contributed by atoms with Crippen molar-refractivity contribution in [1.29, 1.82) is 0 Å². The lowest BCUT2D eigenvalue weighted by atomic mass is 10.3. The zero-order chi connectivity index (χ0) is 16.1. The minimum absolute atomic E-state index is 0.149. The van der Waals surface area contributed by atoms with Crippen molar-refractivity contribution in [3.63, 3.8) is 0 Å². The zero-order valence-corrected chi connectivity index (χ0v) is 12.6. The van der Waals surface area contributed by atoms with Gasteiger partial charge < -0.3 is 21.3 Å². The molecule has 0 radical (unpaired) electrons. The summed E-state index contributed by atoms with van der Waals surface area (Å²) in [6, 6.07) is 0.